The summed E-state index contributed by atoms with van der Waals surface area (Å²) in [6, 6.07) is 14.7. The third-order valence-electron chi connectivity index (χ3n) is 4.87. The molecule has 0 aliphatic heterocycles. The third kappa shape index (κ3) is 4.15. The molecule has 0 aliphatic carbocycles. The Kier molecular flexibility index (Phi) is 5.48. The number of aryl methyl sites for hydroxylation is 2. The fourth-order valence-corrected chi connectivity index (χ4v) is 3.87. The molecule has 0 radical (unpaired) electrons. The van der Waals surface area contributed by atoms with Crippen molar-refractivity contribution >= 4 is 45.8 Å². The van der Waals surface area contributed by atoms with Crippen LogP contribution in [0.1, 0.15) is 21.5 Å². The van der Waals surface area contributed by atoms with Crippen LogP contribution in [0.5, 0.6) is 5.75 Å². The number of hydrogen-bond acceptors (Lipinski definition) is 4. The Hall–Kier alpha value is -3.28. The van der Waals surface area contributed by atoms with E-state index in [0.29, 0.717) is 33.5 Å². The van der Waals surface area contributed by atoms with Crippen LogP contribution in [0.2, 0.25) is 10.0 Å². The van der Waals surface area contributed by atoms with Gasteiger partial charge in [0.15, 0.2) is 11.2 Å². The zero-order valence-corrected chi connectivity index (χ0v) is 18.1. The lowest BCUT2D eigenvalue weighted by Crippen LogP contribution is -2.11. The van der Waals surface area contributed by atoms with Gasteiger partial charge in [0.25, 0.3) is 5.91 Å². The average Bonchev–Trinajstić information content (AvgIpc) is 2.72. The van der Waals surface area contributed by atoms with Gasteiger partial charge in [-0.1, -0.05) is 41.4 Å². The number of phenols is 1. The molecule has 4 aromatic rings. The first-order valence-electron chi connectivity index (χ1n) is 9.38. The van der Waals surface area contributed by atoms with Gasteiger partial charge in [-0.3, -0.25) is 9.59 Å². The number of hydrogen-bond donors (Lipinski definition) is 2. The zero-order valence-electron chi connectivity index (χ0n) is 16.6. The van der Waals surface area contributed by atoms with Crippen LogP contribution < -0.4 is 10.7 Å². The number of aromatic hydroxyl groups is 1. The molecule has 0 atom stereocenters. The summed E-state index contributed by atoms with van der Waals surface area (Å²) in [5.74, 6) is -0.197. The van der Waals surface area contributed by atoms with Crippen LogP contribution in [0, 0.1) is 13.8 Å². The van der Waals surface area contributed by atoms with E-state index in [1.165, 1.54) is 18.2 Å². The molecule has 0 saturated carbocycles. The summed E-state index contributed by atoms with van der Waals surface area (Å²) in [4.78, 5) is 25.1. The number of carbonyl (C=O) groups excluding carboxylic acids is 1. The molecule has 0 spiro atoms. The zero-order chi connectivity index (χ0) is 22.3. The van der Waals surface area contributed by atoms with Crippen LogP contribution in [-0.4, -0.2) is 11.0 Å². The first kappa shape index (κ1) is 21.0. The number of benzene rings is 3. The number of phenolic OH excluding ortho intramolecular Hbond substituents is 1. The topological polar surface area (TPSA) is 79.5 Å². The quantitative estimate of drug-likeness (QED) is 0.354. The molecule has 3 aromatic carbocycles. The van der Waals surface area contributed by atoms with Crippen molar-refractivity contribution in [2.24, 2.45) is 0 Å². The maximum atomic E-state index is 12.6. The van der Waals surface area contributed by atoms with E-state index >= 15 is 0 Å². The molecule has 1 amide bonds. The third-order valence-corrected chi connectivity index (χ3v) is 5.44. The van der Waals surface area contributed by atoms with E-state index in [-0.39, 0.29) is 27.1 Å². The fraction of sp³-hybridized carbons (Fsp3) is 0.0833. The van der Waals surface area contributed by atoms with E-state index in [0.717, 1.165) is 11.1 Å². The van der Waals surface area contributed by atoms with Crippen molar-refractivity contribution in [1.29, 1.82) is 0 Å². The lowest BCUT2D eigenvalue weighted by atomic mass is 10.1. The monoisotopic (exact) mass is 453 g/mol. The number of amides is 1. The average molecular weight is 454 g/mol. The van der Waals surface area contributed by atoms with Gasteiger partial charge < -0.3 is 14.8 Å². The minimum absolute atomic E-state index is 0.0370. The van der Waals surface area contributed by atoms with Crippen molar-refractivity contribution in [1.82, 2.24) is 0 Å². The summed E-state index contributed by atoms with van der Waals surface area (Å²) in [5, 5.41) is 12.9. The van der Waals surface area contributed by atoms with Gasteiger partial charge in [-0.15, -0.1) is 0 Å². The molecule has 0 aliphatic rings. The molecule has 7 heteroatoms. The lowest BCUT2D eigenvalue weighted by Gasteiger charge is -2.09. The van der Waals surface area contributed by atoms with E-state index < -0.39 is 0 Å². The number of rotatable bonds is 3. The molecule has 1 aromatic heterocycles. The molecule has 0 fully saturated rings. The van der Waals surface area contributed by atoms with Gasteiger partial charge in [0, 0.05) is 22.9 Å². The first-order valence-corrected chi connectivity index (χ1v) is 10.1. The summed E-state index contributed by atoms with van der Waals surface area (Å²) >= 11 is 11.8. The van der Waals surface area contributed by atoms with Gasteiger partial charge >= 0.3 is 0 Å². The van der Waals surface area contributed by atoms with Crippen LogP contribution in [0.4, 0.5) is 5.69 Å². The molecule has 0 bridgehead atoms. The lowest BCUT2D eigenvalue weighted by molar-refractivity contribution is 0.102. The molecule has 1 heterocycles. The molecule has 2 N–H and O–H groups in total. The molecule has 4 rings (SSSR count). The van der Waals surface area contributed by atoms with Crippen molar-refractivity contribution in [3.05, 3.63) is 91.6 Å². The van der Waals surface area contributed by atoms with Crippen LogP contribution in [0.3, 0.4) is 0 Å². The summed E-state index contributed by atoms with van der Waals surface area (Å²) in [6.45, 7) is 3.83. The molecule has 5 nitrogen and oxygen atoms in total. The normalized spacial score (nSPS) is 11.0. The minimum Gasteiger partial charge on any atom is -0.505 e. The van der Waals surface area contributed by atoms with Gasteiger partial charge in [-0.2, -0.15) is 0 Å². The fourth-order valence-electron chi connectivity index (χ4n) is 3.38. The highest BCUT2D eigenvalue weighted by atomic mass is 35.5. The second-order valence-electron chi connectivity index (χ2n) is 7.25. The molecule has 0 unspecified atom stereocenters. The van der Waals surface area contributed by atoms with Crippen molar-refractivity contribution in [3.63, 3.8) is 0 Å². The summed E-state index contributed by atoms with van der Waals surface area (Å²) in [7, 11) is 0. The highest BCUT2D eigenvalue weighted by Gasteiger charge is 2.13. The molecule has 31 heavy (non-hydrogen) atoms. The predicted octanol–water partition coefficient (Wildman–Crippen LogP) is 6.34. The van der Waals surface area contributed by atoms with Gasteiger partial charge in [0.05, 0.1) is 15.4 Å². The summed E-state index contributed by atoms with van der Waals surface area (Å²) < 4.78 is 5.99. The van der Waals surface area contributed by atoms with Crippen LogP contribution in [0.25, 0.3) is 22.3 Å². The molecule has 156 valence electrons. The largest absolute Gasteiger partial charge is 0.505 e. The van der Waals surface area contributed by atoms with Gasteiger partial charge in [0.1, 0.15) is 11.3 Å². The van der Waals surface area contributed by atoms with E-state index in [4.69, 9.17) is 27.6 Å². The number of anilines is 1. The maximum absolute atomic E-state index is 12.6. The Labute approximate surface area is 187 Å². The van der Waals surface area contributed by atoms with E-state index in [1.54, 1.807) is 24.3 Å². The van der Waals surface area contributed by atoms with Crippen molar-refractivity contribution in [3.8, 4) is 17.1 Å². The van der Waals surface area contributed by atoms with Crippen molar-refractivity contribution in [2.75, 3.05) is 5.32 Å². The van der Waals surface area contributed by atoms with Crippen molar-refractivity contribution < 1.29 is 14.3 Å². The van der Waals surface area contributed by atoms with Crippen LogP contribution in [0.15, 0.2) is 63.8 Å². The SMILES string of the molecule is Cc1cc(C)c2oc(-c3ccc(C(=O)Nc4cc(Cl)c(O)c(Cl)c4)cc3)cc(=O)c2c1. The maximum Gasteiger partial charge on any atom is 0.255 e. The van der Waals surface area contributed by atoms with E-state index in [9.17, 15) is 14.7 Å². The Morgan fingerprint density at radius 3 is 2.26 bits per heavy atom. The number of fused-ring (bicyclic) bond motifs is 1. The second kappa shape index (κ2) is 8.10. The van der Waals surface area contributed by atoms with Gasteiger partial charge in [0.2, 0.25) is 0 Å². The van der Waals surface area contributed by atoms with Crippen molar-refractivity contribution in [2.45, 2.75) is 13.8 Å². The number of nitrogens with one attached hydrogen (secondary N) is 1. The smallest absolute Gasteiger partial charge is 0.255 e. The van der Waals surface area contributed by atoms with Crippen LogP contribution in [-0.2, 0) is 0 Å². The van der Waals surface area contributed by atoms with Gasteiger partial charge in [-0.05, 0) is 55.3 Å². The second-order valence-corrected chi connectivity index (χ2v) is 8.07. The molecular weight excluding hydrogens is 437 g/mol. The minimum atomic E-state index is -0.379. The standard InChI is InChI=1S/C24H17Cl2NO4/c1-12-7-13(2)23-17(8-12)20(28)11-21(31-23)14-3-5-15(6-4-14)24(30)27-16-9-18(25)22(29)19(26)10-16/h3-11,29H,1-2H3,(H,27,30). The predicted molar refractivity (Wildman–Crippen MR) is 123 cm³/mol. The van der Waals surface area contributed by atoms with Crippen LogP contribution >= 0.6 is 23.2 Å². The highest BCUT2D eigenvalue weighted by molar-refractivity contribution is 6.37. The number of carbonyl (C=O) groups is 1. The van der Waals surface area contributed by atoms with E-state index in [1.807, 2.05) is 26.0 Å². The Morgan fingerprint density at radius 1 is 0.968 bits per heavy atom. The first-order chi connectivity index (χ1) is 14.7. The van der Waals surface area contributed by atoms with Gasteiger partial charge in [-0.25, -0.2) is 0 Å². The molecule has 0 saturated heterocycles. The summed E-state index contributed by atoms with van der Waals surface area (Å²) in [5.41, 5.74) is 3.73. The summed E-state index contributed by atoms with van der Waals surface area (Å²) in [6.07, 6.45) is 0. The number of halogens is 2. The molecular formula is C24H17Cl2NO4. The highest BCUT2D eigenvalue weighted by Crippen LogP contribution is 2.34. The Bertz CT molecular complexity index is 1370. The van der Waals surface area contributed by atoms with E-state index in [2.05, 4.69) is 5.32 Å². The Morgan fingerprint density at radius 2 is 1.61 bits per heavy atom. The Balaban J connectivity index is 1.62.